The van der Waals surface area contributed by atoms with Crippen molar-refractivity contribution in [3.63, 3.8) is 0 Å². The van der Waals surface area contributed by atoms with E-state index in [1.165, 1.54) is 11.1 Å². The monoisotopic (exact) mass is 347 g/mol. The Morgan fingerprint density at radius 3 is 2.67 bits per heavy atom. The number of nitrogens with one attached hydrogen (secondary N) is 1. The van der Waals surface area contributed by atoms with Gasteiger partial charge in [-0.3, -0.25) is 0 Å². The molecule has 128 valence electrons. The molecule has 0 heterocycles. The van der Waals surface area contributed by atoms with Crippen LogP contribution in [0.5, 0.6) is 11.5 Å². The maximum Gasteiger partial charge on any atom is 0.179 e. The van der Waals surface area contributed by atoms with Crippen molar-refractivity contribution in [2.24, 2.45) is 0 Å². The fourth-order valence-electron chi connectivity index (χ4n) is 3.42. The van der Waals surface area contributed by atoms with Crippen LogP contribution in [0.3, 0.4) is 0 Å². The SMILES string of the molecule is COc1ccc(CNC2(CO)CCc3ccccc32)c(Cl)c1OC. The van der Waals surface area contributed by atoms with Gasteiger partial charge in [0, 0.05) is 6.54 Å². The van der Waals surface area contributed by atoms with Crippen molar-refractivity contribution in [2.75, 3.05) is 20.8 Å². The van der Waals surface area contributed by atoms with Crippen LogP contribution >= 0.6 is 11.6 Å². The maximum absolute atomic E-state index is 10.1. The van der Waals surface area contributed by atoms with Gasteiger partial charge in [0.1, 0.15) is 0 Å². The van der Waals surface area contributed by atoms with Crippen LogP contribution in [-0.4, -0.2) is 25.9 Å². The molecule has 24 heavy (non-hydrogen) atoms. The molecule has 0 aromatic heterocycles. The number of rotatable bonds is 6. The predicted octanol–water partition coefficient (Wildman–Crippen LogP) is 3.28. The Bertz CT molecular complexity index is 735. The van der Waals surface area contributed by atoms with Gasteiger partial charge < -0.3 is 19.9 Å². The van der Waals surface area contributed by atoms with Gasteiger partial charge in [0.2, 0.25) is 0 Å². The maximum atomic E-state index is 10.1. The lowest BCUT2D eigenvalue weighted by Crippen LogP contribution is -2.43. The van der Waals surface area contributed by atoms with Crippen molar-refractivity contribution in [2.45, 2.75) is 24.9 Å². The van der Waals surface area contributed by atoms with Crippen LogP contribution < -0.4 is 14.8 Å². The van der Waals surface area contributed by atoms with Crippen LogP contribution in [0, 0.1) is 0 Å². The summed E-state index contributed by atoms with van der Waals surface area (Å²) in [5.74, 6) is 1.14. The van der Waals surface area contributed by atoms with Gasteiger partial charge in [0.25, 0.3) is 0 Å². The molecule has 0 saturated carbocycles. The summed E-state index contributed by atoms with van der Waals surface area (Å²) in [5, 5.41) is 14.1. The van der Waals surface area contributed by atoms with Crippen LogP contribution in [0.4, 0.5) is 0 Å². The van der Waals surface area contributed by atoms with Crippen molar-refractivity contribution < 1.29 is 14.6 Å². The molecule has 0 amide bonds. The highest BCUT2D eigenvalue weighted by atomic mass is 35.5. The van der Waals surface area contributed by atoms with Gasteiger partial charge in [0.05, 0.1) is 31.4 Å². The summed E-state index contributed by atoms with van der Waals surface area (Å²) in [6, 6.07) is 12.0. The van der Waals surface area contributed by atoms with E-state index >= 15 is 0 Å². The van der Waals surface area contributed by atoms with E-state index in [9.17, 15) is 5.11 Å². The van der Waals surface area contributed by atoms with Crippen molar-refractivity contribution >= 4 is 11.6 Å². The molecule has 0 bridgehead atoms. The highest BCUT2D eigenvalue weighted by molar-refractivity contribution is 6.33. The number of halogens is 1. The Kier molecular flexibility index (Phi) is 4.99. The Morgan fingerprint density at radius 1 is 1.17 bits per heavy atom. The van der Waals surface area contributed by atoms with E-state index in [1.54, 1.807) is 14.2 Å². The van der Waals surface area contributed by atoms with Crippen molar-refractivity contribution in [1.29, 1.82) is 0 Å². The lowest BCUT2D eigenvalue weighted by atomic mass is 9.92. The highest BCUT2D eigenvalue weighted by Crippen LogP contribution is 2.39. The first kappa shape index (κ1) is 17.1. The van der Waals surface area contributed by atoms with Gasteiger partial charge >= 0.3 is 0 Å². The average Bonchev–Trinajstić information content (AvgIpc) is 3.00. The zero-order valence-electron chi connectivity index (χ0n) is 13.9. The van der Waals surface area contributed by atoms with Gasteiger partial charge in [-0.05, 0) is 35.6 Å². The number of fused-ring (bicyclic) bond motifs is 1. The molecule has 1 aliphatic carbocycles. The van der Waals surface area contributed by atoms with Gasteiger partial charge in [-0.25, -0.2) is 0 Å². The topological polar surface area (TPSA) is 50.7 Å². The molecule has 2 aromatic rings. The van der Waals surface area contributed by atoms with E-state index in [4.69, 9.17) is 21.1 Å². The number of aliphatic hydroxyl groups is 1. The van der Waals surface area contributed by atoms with Crippen molar-refractivity contribution in [3.8, 4) is 11.5 Å². The number of aliphatic hydroxyl groups excluding tert-OH is 1. The summed E-state index contributed by atoms with van der Waals surface area (Å²) in [5.41, 5.74) is 2.95. The summed E-state index contributed by atoms with van der Waals surface area (Å²) in [7, 11) is 3.16. The van der Waals surface area contributed by atoms with Crippen molar-refractivity contribution in [1.82, 2.24) is 5.32 Å². The summed E-state index contributed by atoms with van der Waals surface area (Å²) in [4.78, 5) is 0. The van der Waals surface area contributed by atoms with Gasteiger partial charge in [-0.2, -0.15) is 0 Å². The summed E-state index contributed by atoms with van der Waals surface area (Å²) in [6.45, 7) is 0.586. The number of methoxy groups -OCH3 is 2. The number of benzene rings is 2. The number of hydrogen-bond acceptors (Lipinski definition) is 4. The number of hydrogen-bond donors (Lipinski definition) is 2. The summed E-state index contributed by atoms with van der Waals surface area (Å²) < 4.78 is 10.6. The molecule has 0 fully saturated rings. The standard InChI is InChI=1S/C19H22ClNO3/c1-23-16-8-7-14(17(20)18(16)24-2)11-21-19(12-22)10-9-13-5-3-4-6-15(13)19/h3-8,21-22H,9-12H2,1-2H3. The zero-order valence-corrected chi connectivity index (χ0v) is 14.7. The number of ether oxygens (including phenoxy) is 2. The van der Waals surface area contributed by atoms with E-state index in [1.807, 2.05) is 24.3 Å². The minimum Gasteiger partial charge on any atom is -0.493 e. The van der Waals surface area contributed by atoms with Crippen LogP contribution in [0.15, 0.2) is 36.4 Å². The molecule has 0 saturated heterocycles. The molecular weight excluding hydrogens is 326 g/mol. The third kappa shape index (κ3) is 2.86. The normalized spacial score (nSPS) is 19.2. The Hall–Kier alpha value is -1.75. The largest absolute Gasteiger partial charge is 0.493 e. The zero-order chi connectivity index (χ0) is 17.2. The fourth-order valence-corrected chi connectivity index (χ4v) is 3.72. The predicted molar refractivity (Wildman–Crippen MR) is 94.9 cm³/mol. The smallest absolute Gasteiger partial charge is 0.179 e. The van der Waals surface area contributed by atoms with E-state index < -0.39 is 5.54 Å². The van der Waals surface area contributed by atoms with E-state index in [2.05, 4.69) is 17.4 Å². The lowest BCUT2D eigenvalue weighted by molar-refractivity contribution is 0.159. The lowest BCUT2D eigenvalue weighted by Gasteiger charge is -2.30. The Balaban J connectivity index is 1.86. The van der Waals surface area contributed by atoms with Gasteiger partial charge in [-0.1, -0.05) is 41.9 Å². The van der Waals surface area contributed by atoms with Crippen LogP contribution in [-0.2, 0) is 18.5 Å². The molecule has 5 heteroatoms. The molecule has 4 nitrogen and oxygen atoms in total. The molecule has 1 atom stereocenters. The minimum absolute atomic E-state index is 0.0505. The summed E-state index contributed by atoms with van der Waals surface area (Å²) >= 11 is 6.46. The van der Waals surface area contributed by atoms with Crippen LogP contribution in [0.1, 0.15) is 23.1 Å². The molecule has 0 spiro atoms. The van der Waals surface area contributed by atoms with Gasteiger partial charge in [-0.15, -0.1) is 0 Å². The first-order valence-corrected chi connectivity index (χ1v) is 8.36. The Morgan fingerprint density at radius 2 is 1.96 bits per heavy atom. The van der Waals surface area contributed by atoms with E-state index in [-0.39, 0.29) is 6.61 Å². The molecule has 3 rings (SSSR count). The molecule has 1 unspecified atom stereocenters. The Labute approximate surface area is 147 Å². The van der Waals surface area contributed by atoms with E-state index in [0.717, 1.165) is 18.4 Å². The van der Waals surface area contributed by atoms with Gasteiger partial charge in [0.15, 0.2) is 11.5 Å². The third-order valence-corrected chi connectivity index (χ3v) is 5.22. The third-order valence-electron chi connectivity index (χ3n) is 4.81. The highest BCUT2D eigenvalue weighted by Gasteiger charge is 2.37. The first-order chi connectivity index (χ1) is 11.6. The minimum atomic E-state index is -0.424. The molecule has 0 radical (unpaired) electrons. The summed E-state index contributed by atoms with van der Waals surface area (Å²) in [6.07, 6.45) is 1.83. The first-order valence-electron chi connectivity index (χ1n) is 7.99. The second kappa shape index (κ2) is 7.01. The molecule has 2 aromatic carbocycles. The molecule has 1 aliphatic rings. The molecule has 0 aliphatic heterocycles. The second-order valence-electron chi connectivity index (χ2n) is 6.03. The van der Waals surface area contributed by atoms with Crippen LogP contribution in [0.25, 0.3) is 0 Å². The number of aryl methyl sites for hydroxylation is 1. The van der Waals surface area contributed by atoms with E-state index in [0.29, 0.717) is 23.1 Å². The quantitative estimate of drug-likeness (QED) is 0.842. The molecule has 2 N–H and O–H groups in total. The fraction of sp³-hybridized carbons (Fsp3) is 0.368. The molecular formula is C19H22ClNO3. The second-order valence-corrected chi connectivity index (χ2v) is 6.40. The van der Waals surface area contributed by atoms with Crippen LogP contribution in [0.2, 0.25) is 5.02 Å². The van der Waals surface area contributed by atoms with Crippen molar-refractivity contribution in [3.05, 3.63) is 58.1 Å². The average molecular weight is 348 g/mol.